The third-order valence-electron chi connectivity index (χ3n) is 4.35. The summed E-state index contributed by atoms with van der Waals surface area (Å²) in [6.45, 7) is 3.74. The van der Waals surface area contributed by atoms with Gasteiger partial charge in [0.25, 0.3) is 0 Å². The lowest BCUT2D eigenvalue weighted by Crippen LogP contribution is -2.28. The van der Waals surface area contributed by atoms with Crippen LogP contribution in [0, 0.1) is 12.8 Å². The number of rotatable bonds is 4. The minimum Gasteiger partial charge on any atom is -0.326 e. The van der Waals surface area contributed by atoms with E-state index >= 15 is 0 Å². The predicted octanol–water partition coefficient (Wildman–Crippen LogP) is 2.95. The molecule has 1 aliphatic rings. The Kier molecular flexibility index (Phi) is 5.02. The molecule has 0 radical (unpaired) electrons. The van der Waals surface area contributed by atoms with Crippen LogP contribution in [0.25, 0.3) is 0 Å². The maximum absolute atomic E-state index is 12.6. The summed E-state index contributed by atoms with van der Waals surface area (Å²) in [4.78, 5) is 37.8. The van der Waals surface area contributed by atoms with Gasteiger partial charge in [0, 0.05) is 37.0 Å². The first-order chi connectivity index (χ1) is 12.4. The van der Waals surface area contributed by atoms with Crippen LogP contribution >= 0.6 is 0 Å². The third-order valence-corrected chi connectivity index (χ3v) is 4.35. The molecule has 26 heavy (non-hydrogen) atoms. The number of carbonyl (C=O) groups excluding carboxylic acids is 3. The molecular weight excluding hydrogens is 330 g/mol. The van der Waals surface area contributed by atoms with Crippen molar-refractivity contribution in [2.45, 2.75) is 20.3 Å². The molecule has 2 aromatic rings. The van der Waals surface area contributed by atoms with Crippen molar-refractivity contribution < 1.29 is 14.4 Å². The Labute approximate surface area is 152 Å². The van der Waals surface area contributed by atoms with Gasteiger partial charge in [-0.2, -0.15) is 0 Å². The molecule has 0 aromatic heterocycles. The number of anilines is 3. The summed E-state index contributed by atoms with van der Waals surface area (Å²) < 4.78 is 0. The first kappa shape index (κ1) is 17.7. The molecule has 1 heterocycles. The van der Waals surface area contributed by atoms with Crippen molar-refractivity contribution in [3.8, 4) is 0 Å². The van der Waals surface area contributed by atoms with Gasteiger partial charge in [-0.1, -0.05) is 24.3 Å². The number of benzene rings is 2. The number of carbonyl (C=O) groups is 3. The summed E-state index contributed by atoms with van der Waals surface area (Å²) in [7, 11) is 0. The van der Waals surface area contributed by atoms with E-state index in [1.807, 2.05) is 31.2 Å². The molecule has 1 saturated heterocycles. The normalized spacial score (nSPS) is 16.5. The average Bonchev–Trinajstić information content (AvgIpc) is 2.97. The number of hydrogen-bond donors (Lipinski definition) is 2. The van der Waals surface area contributed by atoms with E-state index in [2.05, 4.69) is 10.6 Å². The largest absolute Gasteiger partial charge is 0.326 e. The van der Waals surface area contributed by atoms with Crippen molar-refractivity contribution in [3.63, 3.8) is 0 Å². The van der Waals surface area contributed by atoms with Gasteiger partial charge in [-0.3, -0.25) is 14.4 Å². The molecule has 3 rings (SSSR count). The average molecular weight is 351 g/mol. The Balaban J connectivity index is 1.69. The SMILES string of the molecule is CC(=O)Nc1cccc(NC(=O)C2CC(=O)N(c3ccccc3C)C2)c1. The molecule has 6 heteroatoms. The lowest BCUT2D eigenvalue weighted by molar-refractivity contribution is -0.122. The summed E-state index contributed by atoms with van der Waals surface area (Å²) in [5.74, 6) is -0.837. The second-order valence-electron chi connectivity index (χ2n) is 6.44. The van der Waals surface area contributed by atoms with E-state index in [4.69, 9.17) is 0 Å². The zero-order chi connectivity index (χ0) is 18.7. The smallest absolute Gasteiger partial charge is 0.229 e. The Bertz CT molecular complexity index is 863. The van der Waals surface area contributed by atoms with Crippen molar-refractivity contribution >= 4 is 34.8 Å². The van der Waals surface area contributed by atoms with E-state index in [9.17, 15) is 14.4 Å². The van der Waals surface area contributed by atoms with Crippen molar-refractivity contribution in [3.05, 3.63) is 54.1 Å². The highest BCUT2D eigenvalue weighted by Crippen LogP contribution is 2.28. The van der Waals surface area contributed by atoms with E-state index < -0.39 is 5.92 Å². The van der Waals surface area contributed by atoms with Crippen LogP contribution < -0.4 is 15.5 Å². The fraction of sp³-hybridized carbons (Fsp3) is 0.250. The minimum atomic E-state index is -0.411. The van der Waals surface area contributed by atoms with Gasteiger partial charge >= 0.3 is 0 Å². The molecule has 2 aromatic carbocycles. The highest BCUT2D eigenvalue weighted by Gasteiger charge is 2.35. The molecule has 134 valence electrons. The van der Waals surface area contributed by atoms with Gasteiger partial charge in [0.1, 0.15) is 0 Å². The monoisotopic (exact) mass is 351 g/mol. The highest BCUT2D eigenvalue weighted by molar-refractivity contribution is 6.04. The van der Waals surface area contributed by atoms with Crippen molar-refractivity contribution in [2.75, 3.05) is 22.1 Å². The lowest BCUT2D eigenvalue weighted by Gasteiger charge is -2.19. The maximum atomic E-state index is 12.6. The molecule has 6 nitrogen and oxygen atoms in total. The fourth-order valence-corrected chi connectivity index (χ4v) is 3.10. The van der Waals surface area contributed by atoms with Crippen molar-refractivity contribution in [1.82, 2.24) is 0 Å². The summed E-state index contributed by atoms with van der Waals surface area (Å²) in [6.07, 6.45) is 0.186. The zero-order valence-corrected chi connectivity index (χ0v) is 14.8. The van der Waals surface area contributed by atoms with Crippen LogP contribution in [-0.2, 0) is 14.4 Å². The zero-order valence-electron chi connectivity index (χ0n) is 14.8. The van der Waals surface area contributed by atoms with E-state index in [1.54, 1.807) is 29.2 Å². The number of aryl methyl sites for hydroxylation is 1. The van der Waals surface area contributed by atoms with E-state index in [1.165, 1.54) is 6.92 Å². The molecule has 1 atom stereocenters. The van der Waals surface area contributed by atoms with Gasteiger partial charge in [-0.05, 0) is 36.8 Å². The van der Waals surface area contributed by atoms with Crippen LogP contribution in [0.15, 0.2) is 48.5 Å². The second kappa shape index (κ2) is 7.39. The third kappa shape index (κ3) is 3.91. The van der Waals surface area contributed by atoms with Gasteiger partial charge in [-0.25, -0.2) is 0 Å². The molecule has 2 N–H and O–H groups in total. The first-order valence-electron chi connectivity index (χ1n) is 8.48. The topological polar surface area (TPSA) is 78.5 Å². The van der Waals surface area contributed by atoms with Crippen LogP contribution in [0.1, 0.15) is 18.9 Å². The van der Waals surface area contributed by atoms with Crippen LogP contribution in [0.4, 0.5) is 17.1 Å². The highest BCUT2D eigenvalue weighted by atomic mass is 16.2. The van der Waals surface area contributed by atoms with Crippen molar-refractivity contribution in [2.24, 2.45) is 5.92 Å². The lowest BCUT2D eigenvalue weighted by atomic mass is 10.1. The molecule has 0 spiro atoms. The molecule has 0 aliphatic carbocycles. The summed E-state index contributed by atoms with van der Waals surface area (Å²) in [5, 5.41) is 5.51. The van der Waals surface area contributed by atoms with Gasteiger partial charge in [-0.15, -0.1) is 0 Å². The molecule has 1 unspecified atom stereocenters. The van der Waals surface area contributed by atoms with Crippen molar-refractivity contribution in [1.29, 1.82) is 0 Å². The summed E-state index contributed by atoms with van der Waals surface area (Å²) in [6, 6.07) is 14.6. The van der Waals surface area contributed by atoms with E-state index in [-0.39, 0.29) is 24.1 Å². The number of hydrogen-bond acceptors (Lipinski definition) is 3. The molecule has 1 fully saturated rings. The molecular formula is C20H21N3O3. The number of amides is 3. The summed E-state index contributed by atoms with van der Waals surface area (Å²) >= 11 is 0. The van der Waals surface area contributed by atoms with Gasteiger partial charge in [0.2, 0.25) is 17.7 Å². The number of nitrogens with one attached hydrogen (secondary N) is 2. The Morgan fingerprint density at radius 3 is 2.42 bits per heavy atom. The number of nitrogens with zero attached hydrogens (tertiary/aromatic N) is 1. The van der Waals surface area contributed by atoms with Gasteiger partial charge in [0.05, 0.1) is 5.92 Å². The standard InChI is InChI=1S/C20H21N3O3/c1-13-6-3-4-9-18(13)23-12-15(10-19(23)25)20(26)22-17-8-5-7-16(11-17)21-14(2)24/h3-9,11,15H,10,12H2,1-2H3,(H,21,24)(H,22,26). The quantitative estimate of drug-likeness (QED) is 0.889. The Hall–Kier alpha value is -3.15. The molecule has 3 amide bonds. The van der Waals surface area contributed by atoms with Crippen LogP contribution in [0.3, 0.4) is 0 Å². The maximum Gasteiger partial charge on any atom is 0.229 e. The minimum absolute atomic E-state index is 0.0496. The molecule has 1 aliphatic heterocycles. The van der Waals surface area contributed by atoms with E-state index in [0.29, 0.717) is 17.9 Å². The van der Waals surface area contributed by atoms with Gasteiger partial charge in [0.15, 0.2) is 0 Å². The second-order valence-corrected chi connectivity index (χ2v) is 6.44. The summed E-state index contributed by atoms with van der Waals surface area (Å²) in [5.41, 5.74) is 3.05. The van der Waals surface area contributed by atoms with Crippen LogP contribution in [0.2, 0.25) is 0 Å². The Morgan fingerprint density at radius 1 is 1.04 bits per heavy atom. The number of para-hydroxylation sites is 1. The van der Waals surface area contributed by atoms with E-state index in [0.717, 1.165) is 11.3 Å². The van der Waals surface area contributed by atoms with Gasteiger partial charge < -0.3 is 15.5 Å². The fourth-order valence-electron chi connectivity index (χ4n) is 3.10. The molecule has 0 bridgehead atoms. The Morgan fingerprint density at radius 2 is 1.73 bits per heavy atom. The predicted molar refractivity (Wildman–Crippen MR) is 101 cm³/mol. The van der Waals surface area contributed by atoms with Crippen LogP contribution in [-0.4, -0.2) is 24.3 Å². The molecule has 0 saturated carbocycles. The first-order valence-corrected chi connectivity index (χ1v) is 8.48. The van der Waals surface area contributed by atoms with Crippen LogP contribution in [0.5, 0.6) is 0 Å².